The van der Waals surface area contributed by atoms with E-state index in [2.05, 4.69) is 10.2 Å². The number of aryl methyl sites for hydroxylation is 2. The lowest BCUT2D eigenvalue weighted by Gasteiger charge is -2.14. The Balaban J connectivity index is 2.20. The van der Waals surface area contributed by atoms with Gasteiger partial charge in [0.15, 0.2) is 0 Å². The number of nitrogens with zero attached hydrogens (tertiary/aromatic N) is 1. The van der Waals surface area contributed by atoms with Crippen LogP contribution in [0.5, 0.6) is 0 Å². The van der Waals surface area contributed by atoms with Gasteiger partial charge in [0.05, 0.1) is 10.8 Å². The van der Waals surface area contributed by atoms with E-state index in [9.17, 15) is 0 Å². The van der Waals surface area contributed by atoms with Gasteiger partial charge >= 0.3 is 0 Å². The van der Waals surface area contributed by atoms with Crippen molar-refractivity contribution in [1.29, 1.82) is 0 Å². The van der Waals surface area contributed by atoms with Crippen LogP contribution < -0.4 is 0 Å². The first kappa shape index (κ1) is 14.5. The zero-order valence-corrected chi connectivity index (χ0v) is 13.2. The topological polar surface area (TPSA) is 38.6 Å². The van der Waals surface area contributed by atoms with Gasteiger partial charge in [-0.25, -0.2) is 0 Å². The number of benzene rings is 1. The van der Waals surface area contributed by atoms with Crippen LogP contribution in [-0.4, -0.2) is 5.16 Å². The fourth-order valence-corrected chi connectivity index (χ4v) is 2.64. The van der Waals surface area contributed by atoms with Crippen molar-refractivity contribution in [3.63, 3.8) is 0 Å². The van der Waals surface area contributed by atoms with Crippen LogP contribution in [0.1, 0.15) is 34.5 Å². The average molecular weight is 309 g/mol. The molecule has 3 nitrogen and oxygen atoms in total. The Morgan fingerprint density at radius 1 is 0.909 bits per heavy atom. The molecule has 0 unspecified atom stereocenters. The second-order valence-electron chi connectivity index (χ2n) is 5.09. The molecule has 0 aliphatic heterocycles. The van der Waals surface area contributed by atoms with Gasteiger partial charge in [-0.15, -0.1) is 0 Å². The summed E-state index contributed by atoms with van der Waals surface area (Å²) in [6.45, 7) is 3.85. The van der Waals surface area contributed by atoms with Gasteiger partial charge in [0, 0.05) is 0 Å². The molecule has 0 bridgehead atoms. The molecule has 3 aromatic rings. The zero-order chi connectivity index (χ0) is 15.5. The largest absolute Gasteiger partial charge is 0.465 e. The van der Waals surface area contributed by atoms with Crippen LogP contribution in [0.3, 0.4) is 0 Å². The predicted molar refractivity (Wildman–Crippen MR) is 89.0 cm³/mol. The minimum Gasteiger partial charge on any atom is -0.465 e. The molecule has 2 aromatic heterocycles. The molecule has 0 aliphatic rings. The third kappa shape index (κ3) is 2.80. The molecule has 0 radical (unpaired) electrons. The Morgan fingerprint density at radius 2 is 1.50 bits per heavy atom. The van der Waals surface area contributed by atoms with E-state index in [1.54, 1.807) is 0 Å². The van der Waals surface area contributed by atoms with Crippen LogP contribution in [0, 0.1) is 13.8 Å². The molecule has 0 fully saturated rings. The fourth-order valence-electron chi connectivity index (χ4n) is 2.55. The van der Waals surface area contributed by atoms with E-state index >= 15 is 0 Å². The summed E-state index contributed by atoms with van der Waals surface area (Å²) in [4.78, 5) is 4.17. The first-order valence-corrected chi connectivity index (χ1v) is 7.39. The van der Waals surface area contributed by atoms with Crippen LogP contribution in [-0.2, 0) is 0 Å². The summed E-state index contributed by atoms with van der Waals surface area (Å²) in [6.07, 6.45) is 0. The van der Waals surface area contributed by atoms with Gasteiger partial charge in [0.25, 0.3) is 0 Å². The van der Waals surface area contributed by atoms with Crippen molar-refractivity contribution in [2.24, 2.45) is 4.99 Å². The van der Waals surface area contributed by atoms with Crippen LogP contribution in [0.4, 0.5) is 5.69 Å². The smallest absolute Gasteiger partial charge is 0.119 e. The molecule has 0 amide bonds. The van der Waals surface area contributed by atoms with E-state index in [1.807, 2.05) is 62.4 Å². The summed E-state index contributed by atoms with van der Waals surface area (Å²) in [6, 6.07) is 15.6. The molecular weight excluding hydrogens is 294 g/mol. The Labute approximate surface area is 134 Å². The molecule has 0 spiro atoms. The molecule has 22 heavy (non-hydrogen) atoms. The summed E-state index contributed by atoms with van der Waals surface area (Å²) >= 11 is 4.76. The van der Waals surface area contributed by atoms with Gasteiger partial charge in [0.2, 0.25) is 0 Å². The molecule has 0 atom stereocenters. The monoisotopic (exact) mass is 309 g/mol. The summed E-state index contributed by atoms with van der Waals surface area (Å²) in [5, 5.41) is 2.44. The molecular formula is C18H15NO2S. The number of hydrogen-bond acceptors (Lipinski definition) is 4. The Morgan fingerprint density at radius 3 is 2.00 bits per heavy atom. The number of para-hydroxylation sites is 1. The van der Waals surface area contributed by atoms with E-state index in [4.69, 9.17) is 21.1 Å². The van der Waals surface area contributed by atoms with Crippen LogP contribution in [0.2, 0.25) is 0 Å². The minimum absolute atomic E-state index is 0.161. The van der Waals surface area contributed by atoms with E-state index in [0.29, 0.717) is 0 Å². The summed E-state index contributed by atoms with van der Waals surface area (Å²) < 4.78 is 11.7. The highest BCUT2D eigenvalue weighted by molar-refractivity contribution is 7.78. The van der Waals surface area contributed by atoms with Crippen molar-refractivity contribution < 1.29 is 8.83 Å². The second kappa shape index (κ2) is 6.14. The number of furan rings is 2. The number of aliphatic imine (C=N–C) groups is 1. The van der Waals surface area contributed by atoms with Gasteiger partial charge in [0.1, 0.15) is 29.0 Å². The van der Waals surface area contributed by atoms with Gasteiger partial charge in [-0.1, -0.05) is 18.2 Å². The normalized spacial score (nSPS) is 10.7. The third-order valence-corrected chi connectivity index (χ3v) is 3.60. The Kier molecular flexibility index (Phi) is 4.05. The minimum atomic E-state index is -0.161. The van der Waals surface area contributed by atoms with Crippen LogP contribution >= 0.6 is 12.2 Å². The zero-order valence-electron chi connectivity index (χ0n) is 12.4. The van der Waals surface area contributed by atoms with Crippen molar-refractivity contribution in [2.75, 3.05) is 0 Å². The molecule has 1 aromatic carbocycles. The van der Waals surface area contributed by atoms with E-state index in [1.165, 1.54) is 0 Å². The average Bonchev–Trinajstić information content (AvgIpc) is 3.11. The van der Waals surface area contributed by atoms with Crippen LogP contribution in [0.25, 0.3) is 0 Å². The predicted octanol–water partition coefficient (Wildman–Crippen LogP) is 5.40. The van der Waals surface area contributed by atoms with Crippen LogP contribution in [0.15, 0.2) is 62.4 Å². The Hall–Kier alpha value is -2.42. The van der Waals surface area contributed by atoms with Gasteiger partial charge < -0.3 is 8.83 Å². The number of hydrogen-bond donors (Lipinski definition) is 0. The van der Waals surface area contributed by atoms with Crippen molar-refractivity contribution in [2.45, 2.75) is 19.8 Å². The lowest BCUT2D eigenvalue weighted by atomic mass is 9.92. The number of isothiocyanates is 1. The first-order valence-electron chi connectivity index (χ1n) is 6.98. The highest BCUT2D eigenvalue weighted by Crippen LogP contribution is 2.38. The molecule has 0 N–H and O–H groups in total. The van der Waals surface area contributed by atoms with E-state index < -0.39 is 0 Å². The standard InChI is InChI=1S/C18H15NO2S/c1-12-7-9-16(20-12)18(17-10-8-13(2)21-17)14-5-3-4-6-15(14)19-11-22/h3-10,18H,1-2H3. The van der Waals surface area contributed by atoms with Gasteiger partial charge in [-0.05, 0) is 62.0 Å². The first-order chi connectivity index (χ1) is 10.7. The lowest BCUT2D eigenvalue weighted by molar-refractivity contribution is 0.428. The highest BCUT2D eigenvalue weighted by Gasteiger charge is 2.25. The molecule has 2 heterocycles. The third-order valence-electron chi connectivity index (χ3n) is 3.51. The van der Waals surface area contributed by atoms with Crippen molar-refractivity contribution in [3.8, 4) is 0 Å². The lowest BCUT2D eigenvalue weighted by Crippen LogP contribution is -2.01. The summed E-state index contributed by atoms with van der Waals surface area (Å²) in [7, 11) is 0. The fraction of sp³-hybridized carbons (Fsp3) is 0.167. The molecule has 0 saturated carbocycles. The van der Waals surface area contributed by atoms with Crippen molar-refractivity contribution in [3.05, 3.63) is 77.1 Å². The molecule has 0 aliphatic carbocycles. The second-order valence-corrected chi connectivity index (χ2v) is 5.27. The summed E-state index contributed by atoms with van der Waals surface area (Å²) in [5.74, 6) is 3.20. The summed E-state index contributed by atoms with van der Waals surface area (Å²) in [5.41, 5.74) is 1.74. The molecule has 0 saturated heterocycles. The van der Waals surface area contributed by atoms with Gasteiger partial charge in [-0.2, -0.15) is 4.99 Å². The number of rotatable bonds is 4. The Bertz CT molecular complexity index is 800. The van der Waals surface area contributed by atoms with Crippen molar-refractivity contribution in [1.82, 2.24) is 0 Å². The SMILES string of the molecule is Cc1ccc(C(c2ccc(C)o2)c2ccccc2N=C=S)o1. The highest BCUT2D eigenvalue weighted by atomic mass is 32.1. The molecule has 3 rings (SSSR count). The maximum absolute atomic E-state index is 5.85. The maximum atomic E-state index is 5.85. The van der Waals surface area contributed by atoms with E-state index in [0.717, 1.165) is 34.3 Å². The maximum Gasteiger partial charge on any atom is 0.119 e. The number of thiocarbonyl (C=S) groups is 1. The van der Waals surface area contributed by atoms with E-state index in [-0.39, 0.29) is 5.92 Å². The van der Waals surface area contributed by atoms with Gasteiger partial charge in [-0.3, -0.25) is 0 Å². The quantitative estimate of drug-likeness (QED) is 0.478. The molecule has 110 valence electrons. The molecule has 4 heteroatoms. The van der Waals surface area contributed by atoms with Crippen molar-refractivity contribution >= 4 is 23.1 Å².